The fourth-order valence-corrected chi connectivity index (χ4v) is 6.25. The lowest BCUT2D eigenvalue weighted by atomic mass is 9.52. The summed E-state index contributed by atoms with van der Waals surface area (Å²) in [5, 5.41) is 0. The van der Waals surface area contributed by atoms with Crippen LogP contribution in [0.5, 0.6) is 5.75 Å². The molecular formula is C32H45F2NO. The lowest BCUT2D eigenvalue weighted by Gasteiger charge is -2.52. The number of ether oxygens (including phenoxy) is 1. The van der Waals surface area contributed by atoms with Crippen molar-refractivity contribution in [2.24, 2.45) is 5.41 Å². The smallest absolute Gasteiger partial charge is 0.192 e. The van der Waals surface area contributed by atoms with Gasteiger partial charge in [-0.1, -0.05) is 70.2 Å². The standard InChI is InChI=1S/C32H45F2NO/c1-5-6-7-8-9-10-21-35(4)24(2)36-30-28(33)22-26(23-29(30)34)25-11-13-27(14-12-25)32-18-15-31(3,16-19-32)17-20-32/h11-14,22-24H,5-10,15-21H2,1-4H3. The monoisotopic (exact) mass is 497 g/mol. The van der Waals surface area contributed by atoms with Gasteiger partial charge >= 0.3 is 0 Å². The first-order valence-electron chi connectivity index (χ1n) is 14.2. The molecule has 2 aromatic rings. The van der Waals surface area contributed by atoms with Gasteiger partial charge in [0.05, 0.1) is 0 Å². The van der Waals surface area contributed by atoms with E-state index >= 15 is 0 Å². The third-order valence-corrected chi connectivity index (χ3v) is 9.22. The lowest BCUT2D eigenvalue weighted by Crippen LogP contribution is -2.42. The van der Waals surface area contributed by atoms with Gasteiger partial charge in [0.15, 0.2) is 17.4 Å². The van der Waals surface area contributed by atoms with E-state index in [1.54, 1.807) is 0 Å². The molecule has 0 N–H and O–H groups in total. The Morgan fingerprint density at radius 3 is 1.97 bits per heavy atom. The van der Waals surface area contributed by atoms with Crippen LogP contribution in [0.15, 0.2) is 36.4 Å². The summed E-state index contributed by atoms with van der Waals surface area (Å²) >= 11 is 0. The van der Waals surface area contributed by atoms with Crippen LogP contribution in [0.25, 0.3) is 11.1 Å². The Morgan fingerprint density at radius 2 is 1.39 bits per heavy atom. The summed E-state index contributed by atoms with van der Waals surface area (Å²) in [6, 6.07) is 11.2. The molecule has 2 nitrogen and oxygen atoms in total. The van der Waals surface area contributed by atoms with Crippen molar-refractivity contribution in [3.05, 3.63) is 53.6 Å². The highest BCUT2D eigenvalue weighted by Gasteiger charge is 2.46. The average Bonchev–Trinajstić information content (AvgIpc) is 2.88. The Hall–Kier alpha value is -1.94. The third-order valence-electron chi connectivity index (χ3n) is 9.22. The predicted octanol–water partition coefficient (Wildman–Crippen LogP) is 9.26. The zero-order chi connectivity index (χ0) is 25.8. The molecule has 198 valence electrons. The zero-order valence-electron chi connectivity index (χ0n) is 22.8. The van der Waals surface area contributed by atoms with Gasteiger partial charge in [0, 0.05) is 6.54 Å². The van der Waals surface area contributed by atoms with Crippen molar-refractivity contribution >= 4 is 0 Å². The molecule has 0 saturated heterocycles. The van der Waals surface area contributed by atoms with Crippen LogP contribution >= 0.6 is 0 Å². The van der Waals surface area contributed by atoms with Gasteiger partial charge in [0.1, 0.15) is 6.23 Å². The van der Waals surface area contributed by atoms with E-state index in [0.717, 1.165) is 18.5 Å². The minimum absolute atomic E-state index is 0.288. The van der Waals surface area contributed by atoms with Gasteiger partial charge in [0.2, 0.25) is 0 Å². The number of benzene rings is 2. The van der Waals surface area contributed by atoms with E-state index in [4.69, 9.17) is 4.74 Å². The fraction of sp³-hybridized carbons (Fsp3) is 0.625. The number of halogens is 2. The molecule has 1 atom stereocenters. The molecule has 3 saturated carbocycles. The molecule has 2 aromatic carbocycles. The molecule has 5 rings (SSSR count). The van der Waals surface area contributed by atoms with E-state index in [0.29, 0.717) is 16.4 Å². The molecule has 0 aromatic heterocycles. The van der Waals surface area contributed by atoms with E-state index in [-0.39, 0.29) is 5.75 Å². The quantitative estimate of drug-likeness (QED) is 0.214. The molecule has 3 fully saturated rings. The molecular weight excluding hydrogens is 452 g/mol. The maximum atomic E-state index is 15.0. The molecule has 2 bridgehead atoms. The average molecular weight is 498 g/mol. The van der Waals surface area contributed by atoms with Crippen LogP contribution in [-0.4, -0.2) is 24.7 Å². The fourth-order valence-electron chi connectivity index (χ4n) is 6.25. The van der Waals surface area contributed by atoms with Gasteiger partial charge in [-0.2, -0.15) is 0 Å². The topological polar surface area (TPSA) is 12.5 Å². The highest BCUT2D eigenvalue weighted by Crippen LogP contribution is 2.57. The second kappa shape index (κ2) is 11.6. The second-order valence-electron chi connectivity index (χ2n) is 11.9. The molecule has 0 amide bonds. The normalized spacial score (nSPS) is 24.3. The summed E-state index contributed by atoms with van der Waals surface area (Å²) in [7, 11) is 1.95. The Labute approximate surface area is 217 Å². The number of nitrogens with zero attached hydrogens (tertiary/aromatic N) is 1. The number of rotatable bonds is 12. The zero-order valence-corrected chi connectivity index (χ0v) is 22.8. The first-order valence-corrected chi connectivity index (χ1v) is 14.2. The molecule has 3 aliphatic carbocycles. The minimum Gasteiger partial charge on any atom is -0.469 e. The molecule has 0 radical (unpaired) electrons. The largest absolute Gasteiger partial charge is 0.469 e. The molecule has 3 aliphatic rings. The van der Waals surface area contributed by atoms with Gasteiger partial charge in [-0.05, 0) is 98.6 Å². The summed E-state index contributed by atoms with van der Waals surface area (Å²) in [5.41, 5.74) is 3.61. The molecule has 0 heterocycles. The van der Waals surface area contributed by atoms with Crippen LogP contribution in [0.1, 0.15) is 103 Å². The van der Waals surface area contributed by atoms with Crippen LogP contribution in [0.4, 0.5) is 8.78 Å². The highest BCUT2D eigenvalue weighted by atomic mass is 19.1. The molecule has 4 heteroatoms. The molecule has 1 unspecified atom stereocenters. The summed E-state index contributed by atoms with van der Waals surface area (Å²) in [6.45, 7) is 7.35. The first kappa shape index (κ1) is 27.1. The van der Waals surface area contributed by atoms with Crippen LogP contribution in [0.3, 0.4) is 0 Å². The number of fused-ring (bicyclic) bond motifs is 3. The van der Waals surface area contributed by atoms with Gasteiger partial charge in [-0.15, -0.1) is 0 Å². The van der Waals surface area contributed by atoms with E-state index in [1.165, 1.54) is 88.3 Å². The van der Waals surface area contributed by atoms with Crippen molar-refractivity contribution in [3.8, 4) is 16.9 Å². The highest BCUT2D eigenvalue weighted by molar-refractivity contribution is 5.65. The van der Waals surface area contributed by atoms with Gasteiger partial charge in [-0.3, -0.25) is 4.90 Å². The predicted molar refractivity (Wildman–Crippen MR) is 145 cm³/mol. The van der Waals surface area contributed by atoms with Crippen LogP contribution in [-0.2, 0) is 5.41 Å². The van der Waals surface area contributed by atoms with Crippen molar-refractivity contribution in [2.75, 3.05) is 13.6 Å². The van der Waals surface area contributed by atoms with Crippen LogP contribution in [0, 0.1) is 17.0 Å². The Bertz CT molecular complexity index is 954. The van der Waals surface area contributed by atoms with Crippen molar-refractivity contribution in [1.29, 1.82) is 0 Å². The van der Waals surface area contributed by atoms with Gasteiger partial charge in [-0.25, -0.2) is 8.78 Å². The van der Waals surface area contributed by atoms with Gasteiger partial charge in [0.25, 0.3) is 0 Å². The summed E-state index contributed by atoms with van der Waals surface area (Å²) in [4.78, 5) is 2.02. The van der Waals surface area contributed by atoms with Crippen LogP contribution in [0.2, 0.25) is 0 Å². The molecule has 36 heavy (non-hydrogen) atoms. The second-order valence-corrected chi connectivity index (χ2v) is 11.9. The number of unbranched alkanes of at least 4 members (excludes halogenated alkanes) is 5. The maximum absolute atomic E-state index is 15.0. The van der Waals surface area contributed by atoms with E-state index in [1.807, 2.05) is 31.0 Å². The lowest BCUT2D eigenvalue weighted by molar-refractivity contribution is 0.0523. The Morgan fingerprint density at radius 1 is 0.833 bits per heavy atom. The summed E-state index contributed by atoms with van der Waals surface area (Å²) in [6.07, 6.45) is 14.6. The third kappa shape index (κ3) is 6.13. The van der Waals surface area contributed by atoms with Crippen molar-refractivity contribution in [1.82, 2.24) is 4.90 Å². The Balaban J connectivity index is 1.37. The van der Waals surface area contributed by atoms with Crippen LogP contribution < -0.4 is 4.74 Å². The van der Waals surface area contributed by atoms with Crippen molar-refractivity contribution in [3.63, 3.8) is 0 Å². The van der Waals surface area contributed by atoms with Crippen molar-refractivity contribution < 1.29 is 13.5 Å². The van der Waals surface area contributed by atoms with E-state index in [9.17, 15) is 8.78 Å². The Kier molecular flexibility index (Phi) is 8.75. The summed E-state index contributed by atoms with van der Waals surface area (Å²) < 4.78 is 35.7. The van der Waals surface area contributed by atoms with E-state index < -0.39 is 17.9 Å². The van der Waals surface area contributed by atoms with Crippen molar-refractivity contribution in [2.45, 2.75) is 109 Å². The SMILES string of the molecule is CCCCCCCCN(C)C(C)Oc1c(F)cc(-c2ccc(C34CCC(C)(CC3)CC4)cc2)cc1F. The van der Waals surface area contributed by atoms with E-state index in [2.05, 4.69) is 26.0 Å². The number of hydrogen-bond donors (Lipinski definition) is 0. The molecule has 0 aliphatic heterocycles. The molecule has 0 spiro atoms. The first-order chi connectivity index (χ1) is 17.3. The number of hydrogen-bond acceptors (Lipinski definition) is 2. The van der Waals surface area contributed by atoms with Gasteiger partial charge < -0.3 is 4.74 Å². The summed E-state index contributed by atoms with van der Waals surface area (Å²) in [5.74, 6) is -1.58. The minimum atomic E-state index is -0.647. The maximum Gasteiger partial charge on any atom is 0.192 e.